The molecule has 7 heteroatoms. The lowest BCUT2D eigenvalue weighted by atomic mass is 9.72. The molecule has 2 heterocycles. The molecule has 0 N–H and O–H groups in total. The average Bonchev–Trinajstić information content (AvgIpc) is 2.49. The van der Waals surface area contributed by atoms with Crippen LogP contribution in [0.3, 0.4) is 0 Å². The molecule has 2 fully saturated rings. The number of benzene rings is 1. The minimum Gasteiger partial charge on any atom is -0.340 e. The van der Waals surface area contributed by atoms with E-state index in [4.69, 9.17) is 11.6 Å². The van der Waals surface area contributed by atoms with Gasteiger partial charge in [0.15, 0.2) is 0 Å². The summed E-state index contributed by atoms with van der Waals surface area (Å²) in [5.74, 6) is -0.116. The minimum absolute atomic E-state index is 0.0365. The summed E-state index contributed by atoms with van der Waals surface area (Å²) in [5, 5.41) is 0. The molecule has 0 aliphatic carbocycles. The predicted octanol–water partition coefficient (Wildman–Crippen LogP) is 3.76. The fourth-order valence-corrected chi connectivity index (χ4v) is 4.44. The van der Waals surface area contributed by atoms with Gasteiger partial charge in [-0.1, -0.05) is 0 Å². The third kappa shape index (κ3) is 3.45. The Labute approximate surface area is 147 Å². The third-order valence-electron chi connectivity index (χ3n) is 4.43. The second-order valence-electron chi connectivity index (χ2n) is 5.98. The molecular weight excluding hydrogens is 391 g/mol. The van der Waals surface area contributed by atoms with E-state index in [9.17, 15) is 9.18 Å². The van der Waals surface area contributed by atoms with Gasteiger partial charge in [-0.25, -0.2) is 8.70 Å². The van der Waals surface area contributed by atoms with Crippen molar-refractivity contribution in [3.8, 4) is 0 Å². The van der Waals surface area contributed by atoms with Crippen molar-refractivity contribution >= 4 is 45.4 Å². The second-order valence-corrected chi connectivity index (χ2v) is 8.27. The summed E-state index contributed by atoms with van der Waals surface area (Å²) in [6.07, 6.45) is 2.15. The average molecular weight is 408 g/mol. The quantitative estimate of drug-likeness (QED) is 0.563. The van der Waals surface area contributed by atoms with Crippen LogP contribution in [-0.2, 0) is 4.79 Å². The zero-order valence-electron chi connectivity index (χ0n) is 12.0. The van der Waals surface area contributed by atoms with E-state index < -0.39 is 0 Å². The highest BCUT2D eigenvalue weighted by molar-refractivity contribution is 9.10. The van der Waals surface area contributed by atoms with E-state index >= 15 is 0 Å². The molecule has 0 radical (unpaired) electrons. The van der Waals surface area contributed by atoms with Crippen LogP contribution in [0.5, 0.6) is 0 Å². The minimum atomic E-state index is -0.229. The molecular formula is C15H17BrClFN2OS. The first kappa shape index (κ1) is 16.6. The number of carbonyl (C=O) groups is 1. The molecule has 1 spiro atoms. The number of hydrogen-bond donors (Lipinski definition) is 0. The van der Waals surface area contributed by atoms with Gasteiger partial charge in [-0.2, -0.15) is 0 Å². The normalized spacial score (nSPS) is 21.0. The molecule has 22 heavy (non-hydrogen) atoms. The Balaban J connectivity index is 1.50. The lowest BCUT2D eigenvalue weighted by Crippen LogP contribution is -2.61. The Hall–Kier alpha value is -0.300. The summed E-state index contributed by atoms with van der Waals surface area (Å²) in [5.41, 5.74) is 0.281. The molecule has 0 unspecified atom stereocenters. The van der Waals surface area contributed by atoms with E-state index in [1.54, 1.807) is 24.1 Å². The van der Waals surface area contributed by atoms with Crippen molar-refractivity contribution in [1.82, 2.24) is 9.21 Å². The van der Waals surface area contributed by atoms with Gasteiger partial charge in [-0.3, -0.25) is 4.79 Å². The van der Waals surface area contributed by atoms with Crippen LogP contribution in [0.4, 0.5) is 4.39 Å². The van der Waals surface area contributed by atoms with E-state index in [1.807, 2.05) is 11.0 Å². The van der Waals surface area contributed by atoms with E-state index in [0.29, 0.717) is 4.47 Å². The van der Waals surface area contributed by atoms with Gasteiger partial charge in [0.1, 0.15) is 11.7 Å². The number of rotatable bonds is 3. The monoisotopic (exact) mass is 406 g/mol. The number of alkyl halides is 1. The molecule has 2 aliphatic heterocycles. The molecule has 3 rings (SSSR count). The van der Waals surface area contributed by atoms with E-state index in [1.165, 1.54) is 0 Å². The number of hydrogen-bond acceptors (Lipinski definition) is 3. The summed E-state index contributed by atoms with van der Waals surface area (Å²) in [6.45, 7) is 3.60. The standard InChI is InChI=1S/C15H17BrClFN2OS/c16-12-2-1-11(7-13(12)18)22-20-5-3-15(4-6-20)9-19(10-15)14(21)8-17/h1-2,7H,3-6,8-10H2. The van der Waals surface area contributed by atoms with Crippen LogP contribution in [0, 0.1) is 11.2 Å². The lowest BCUT2D eigenvalue weighted by Gasteiger charge is -2.53. The van der Waals surface area contributed by atoms with E-state index in [2.05, 4.69) is 20.2 Å². The summed E-state index contributed by atoms with van der Waals surface area (Å²) in [4.78, 5) is 14.3. The number of piperidine rings is 1. The number of carbonyl (C=O) groups excluding carboxylic acids is 1. The molecule has 0 aromatic heterocycles. The summed E-state index contributed by atoms with van der Waals surface area (Å²) < 4.78 is 16.3. The van der Waals surface area contributed by atoms with Crippen LogP contribution in [0.15, 0.2) is 27.6 Å². The fourth-order valence-electron chi connectivity index (χ4n) is 3.08. The Kier molecular flexibility index (Phi) is 5.02. The first-order valence-corrected chi connectivity index (χ1v) is 9.33. The zero-order valence-corrected chi connectivity index (χ0v) is 15.2. The maximum absolute atomic E-state index is 13.5. The van der Waals surface area contributed by atoms with E-state index in [0.717, 1.165) is 43.9 Å². The molecule has 0 bridgehead atoms. The lowest BCUT2D eigenvalue weighted by molar-refractivity contribution is -0.143. The van der Waals surface area contributed by atoms with Crippen LogP contribution >= 0.6 is 39.5 Å². The Morgan fingerprint density at radius 1 is 1.36 bits per heavy atom. The maximum atomic E-state index is 13.5. The van der Waals surface area contributed by atoms with Crippen molar-refractivity contribution in [3.05, 3.63) is 28.5 Å². The highest BCUT2D eigenvalue weighted by atomic mass is 79.9. The Bertz CT molecular complexity index is 573. The molecule has 2 saturated heterocycles. The summed E-state index contributed by atoms with van der Waals surface area (Å²) in [7, 11) is 0. The van der Waals surface area contributed by atoms with Crippen LogP contribution < -0.4 is 0 Å². The molecule has 1 aromatic rings. The predicted molar refractivity (Wildman–Crippen MR) is 90.5 cm³/mol. The number of nitrogens with zero attached hydrogens (tertiary/aromatic N) is 2. The molecule has 0 saturated carbocycles. The van der Waals surface area contributed by atoms with Crippen molar-refractivity contribution in [3.63, 3.8) is 0 Å². The van der Waals surface area contributed by atoms with Gasteiger partial charge in [0, 0.05) is 36.5 Å². The van der Waals surface area contributed by atoms with Gasteiger partial charge >= 0.3 is 0 Å². The maximum Gasteiger partial charge on any atom is 0.237 e. The molecule has 0 atom stereocenters. The SMILES string of the molecule is O=C(CCl)N1CC2(CCN(Sc3ccc(Br)c(F)c3)CC2)C1. The van der Waals surface area contributed by atoms with Gasteiger partial charge in [0.2, 0.25) is 5.91 Å². The molecule has 1 amide bonds. The van der Waals surface area contributed by atoms with Gasteiger partial charge in [0.05, 0.1) is 4.47 Å². The van der Waals surface area contributed by atoms with Crippen LogP contribution in [0.1, 0.15) is 12.8 Å². The van der Waals surface area contributed by atoms with Crippen molar-refractivity contribution < 1.29 is 9.18 Å². The highest BCUT2D eigenvalue weighted by Crippen LogP contribution is 2.42. The summed E-state index contributed by atoms with van der Waals surface area (Å²) in [6, 6.07) is 5.22. The highest BCUT2D eigenvalue weighted by Gasteiger charge is 2.46. The van der Waals surface area contributed by atoms with Gasteiger partial charge in [-0.15, -0.1) is 11.6 Å². The fraction of sp³-hybridized carbons (Fsp3) is 0.533. The second kappa shape index (κ2) is 6.67. The Morgan fingerprint density at radius 2 is 2.05 bits per heavy atom. The van der Waals surface area contributed by atoms with Crippen LogP contribution in [0.25, 0.3) is 0 Å². The van der Waals surface area contributed by atoms with Crippen LogP contribution in [0.2, 0.25) is 0 Å². The first-order valence-electron chi connectivity index (χ1n) is 7.23. The number of halogens is 3. The van der Waals surface area contributed by atoms with Crippen molar-refractivity contribution in [2.45, 2.75) is 17.7 Å². The zero-order chi connectivity index (χ0) is 15.7. The van der Waals surface area contributed by atoms with Gasteiger partial charge < -0.3 is 4.90 Å². The topological polar surface area (TPSA) is 23.6 Å². The number of amides is 1. The van der Waals surface area contributed by atoms with Gasteiger partial charge in [0.25, 0.3) is 0 Å². The first-order chi connectivity index (χ1) is 10.5. The van der Waals surface area contributed by atoms with Crippen molar-refractivity contribution in [2.75, 3.05) is 32.1 Å². The molecule has 1 aromatic carbocycles. The number of likely N-dealkylation sites (tertiary alicyclic amines) is 1. The van der Waals surface area contributed by atoms with Crippen molar-refractivity contribution in [1.29, 1.82) is 0 Å². The van der Waals surface area contributed by atoms with Gasteiger partial charge in [-0.05, 0) is 58.9 Å². The Morgan fingerprint density at radius 3 is 2.64 bits per heavy atom. The molecule has 3 nitrogen and oxygen atoms in total. The molecule has 2 aliphatic rings. The third-order valence-corrected chi connectivity index (χ3v) is 6.39. The molecule has 120 valence electrons. The van der Waals surface area contributed by atoms with Crippen LogP contribution in [-0.4, -0.2) is 47.2 Å². The summed E-state index contributed by atoms with van der Waals surface area (Å²) >= 11 is 10.4. The smallest absolute Gasteiger partial charge is 0.237 e. The van der Waals surface area contributed by atoms with Crippen molar-refractivity contribution in [2.24, 2.45) is 5.41 Å². The van der Waals surface area contributed by atoms with E-state index in [-0.39, 0.29) is 23.0 Å². The largest absolute Gasteiger partial charge is 0.340 e.